The lowest BCUT2D eigenvalue weighted by molar-refractivity contribution is 0.0951. The lowest BCUT2D eigenvalue weighted by Crippen LogP contribution is -2.32. The van der Waals surface area contributed by atoms with Crippen molar-refractivity contribution in [3.05, 3.63) is 95.1 Å². The maximum absolute atomic E-state index is 12.8. The number of H-pyrrole nitrogens is 1. The number of aromatic amines is 1. The van der Waals surface area contributed by atoms with Crippen LogP contribution in [0, 0.1) is 0 Å². The normalized spacial score (nSPS) is 11.0. The maximum Gasteiger partial charge on any atom is 0.268 e. The lowest BCUT2D eigenvalue weighted by Gasteiger charge is -2.07. The zero-order valence-corrected chi connectivity index (χ0v) is 17.4. The van der Waals surface area contributed by atoms with Gasteiger partial charge in [-0.15, -0.1) is 0 Å². The fourth-order valence-corrected chi connectivity index (χ4v) is 3.74. The van der Waals surface area contributed by atoms with Gasteiger partial charge in [-0.05, 0) is 36.2 Å². The molecule has 0 fully saturated rings. The highest BCUT2D eigenvalue weighted by Gasteiger charge is 2.17. The van der Waals surface area contributed by atoms with Gasteiger partial charge in [-0.3, -0.25) is 4.79 Å². The Balaban J connectivity index is 1.40. The van der Waals surface area contributed by atoms with Crippen molar-refractivity contribution in [2.45, 2.75) is 6.42 Å². The van der Waals surface area contributed by atoms with Gasteiger partial charge in [-0.25, -0.2) is 0 Å². The average molecular weight is 418 g/mol. The van der Waals surface area contributed by atoms with Crippen molar-refractivity contribution in [3.63, 3.8) is 0 Å². The van der Waals surface area contributed by atoms with Crippen LogP contribution in [0.4, 0.5) is 0 Å². The molecule has 0 aliphatic heterocycles. The van der Waals surface area contributed by atoms with E-state index in [-0.39, 0.29) is 5.91 Å². The van der Waals surface area contributed by atoms with Gasteiger partial charge in [0.2, 0.25) is 0 Å². The number of fused-ring (bicyclic) bond motifs is 1. The number of carbonyl (C=O) groups excluding carboxylic acids is 1. The van der Waals surface area contributed by atoms with Crippen molar-refractivity contribution in [1.82, 2.24) is 15.6 Å². The molecular weight excluding hydrogens is 394 g/mol. The number of aromatic nitrogens is 1. The topological polar surface area (TPSA) is 56.9 Å². The molecule has 0 bridgehead atoms. The van der Waals surface area contributed by atoms with E-state index in [1.54, 1.807) is 0 Å². The van der Waals surface area contributed by atoms with Crippen LogP contribution in [0.5, 0.6) is 0 Å². The van der Waals surface area contributed by atoms with Gasteiger partial charge in [0.25, 0.3) is 5.91 Å². The SMILES string of the molecule is O=C(NCCNCCc1ccccc1)c1[nH]c(-c2ccccc2)c2cc(Cl)ccc12. The van der Waals surface area contributed by atoms with Crippen LogP contribution in [0.1, 0.15) is 16.1 Å². The molecule has 4 aromatic rings. The molecule has 3 N–H and O–H groups in total. The number of hydrogen-bond donors (Lipinski definition) is 3. The smallest absolute Gasteiger partial charge is 0.268 e. The summed E-state index contributed by atoms with van der Waals surface area (Å²) in [6, 6.07) is 25.9. The van der Waals surface area contributed by atoms with E-state index in [0.29, 0.717) is 23.8 Å². The van der Waals surface area contributed by atoms with Crippen LogP contribution in [0.15, 0.2) is 78.9 Å². The summed E-state index contributed by atoms with van der Waals surface area (Å²) in [5.74, 6) is -0.116. The fraction of sp³-hybridized carbons (Fsp3) is 0.160. The summed E-state index contributed by atoms with van der Waals surface area (Å²) in [4.78, 5) is 16.2. The number of hydrogen-bond acceptors (Lipinski definition) is 2. The van der Waals surface area contributed by atoms with Gasteiger partial charge >= 0.3 is 0 Å². The van der Waals surface area contributed by atoms with Crippen molar-refractivity contribution >= 4 is 28.3 Å². The highest BCUT2D eigenvalue weighted by molar-refractivity contribution is 6.31. The van der Waals surface area contributed by atoms with E-state index in [1.807, 2.05) is 66.7 Å². The van der Waals surface area contributed by atoms with E-state index in [2.05, 4.69) is 27.8 Å². The number of benzene rings is 3. The molecule has 0 unspecified atom stereocenters. The minimum absolute atomic E-state index is 0.116. The standard InChI is InChI=1S/C25H24ClN3O/c26-20-11-12-21-22(17-20)23(19-9-5-2-6-10-19)29-24(21)25(30)28-16-15-27-14-13-18-7-3-1-4-8-18/h1-12,17,27,29H,13-16H2,(H,28,30). The molecule has 30 heavy (non-hydrogen) atoms. The van der Waals surface area contributed by atoms with Crippen LogP contribution in [0.2, 0.25) is 5.02 Å². The minimum Gasteiger partial charge on any atom is -0.350 e. The molecule has 1 amide bonds. The second-order valence-corrected chi connectivity index (χ2v) is 7.61. The largest absolute Gasteiger partial charge is 0.350 e. The molecule has 1 heterocycles. The zero-order chi connectivity index (χ0) is 20.8. The van der Waals surface area contributed by atoms with Gasteiger partial charge < -0.3 is 15.6 Å². The van der Waals surface area contributed by atoms with Crippen molar-refractivity contribution < 1.29 is 4.79 Å². The summed E-state index contributed by atoms with van der Waals surface area (Å²) in [6.07, 6.45) is 0.969. The van der Waals surface area contributed by atoms with Crippen molar-refractivity contribution in [2.75, 3.05) is 19.6 Å². The average Bonchev–Trinajstić information content (AvgIpc) is 3.16. The Bertz CT molecular complexity index is 1120. The van der Waals surface area contributed by atoms with E-state index in [4.69, 9.17) is 11.6 Å². The van der Waals surface area contributed by atoms with Crippen molar-refractivity contribution in [2.24, 2.45) is 0 Å². The van der Waals surface area contributed by atoms with E-state index < -0.39 is 0 Å². The minimum atomic E-state index is -0.116. The van der Waals surface area contributed by atoms with E-state index in [9.17, 15) is 4.79 Å². The Morgan fingerprint density at radius 2 is 1.57 bits per heavy atom. The summed E-state index contributed by atoms with van der Waals surface area (Å²) in [5.41, 5.74) is 3.79. The second kappa shape index (κ2) is 9.61. The van der Waals surface area contributed by atoms with Crippen LogP contribution in [0.25, 0.3) is 22.0 Å². The Kier molecular flexibility index (Phi) is 6.47. The molecule has 0 radical (unpaired) electrons. The van der Waals surface area contributed by atoms with Gasteiger partial charge in [0.05, 0.1) is 5.69 Å². The Morgan fingerprint density at radius 1 is 0.833 bits per heavy atom. The summed E-state index contributed by atoms with van der Waals surface area (Å²) >= 11 is 6.22. The third-order valence-electron chi connectivity index (χ3n) is 5.08. The number of rotatable bonds is 8. The summed E-state index contributed by atoms with van der Waals surface area (Å²) < 4.78 is 0. The van der Waals surface area contributed by atoms with Crippen LogP contribution >= 0.6 is 11.6 Å². The molecule has 3 aromatic carbocycles. The molecule has 0 atom stereocenters. The molecule has 1 aromatic heterocycles. The molecule has 0 aliphatic rings. The lowest BCUT2D eigenvalue weighted by atomic mass is 10.1. The first-order valence-corrected chi connectivity index (χ1v) is 10.5. The third-order valence-corrected chi connectivity index (χ3v) is 5.32. The molecule has 4 nitrogen and oxygen atoms in total. The monoisotopic (exact) mass is 417 g/mol. The van der Waals surface area contributed by atoms with Gasteiger partial charge in [0.1, 0.15) is 5.69 Å². The molecule has 152 valence electrons. The quantitative estimate of drug-likeness (QED) is 0.351. The molecule has 0 saturated heterocycles. The predicted molar refractivity (Wildman–Crippen MR) is 124 cm³/mol. The zero-order valence-electron chi connectivity index (χ0n) is 16.6. The Labute approximate surface area is 181 Å². The third kappa shape index (κ3) is 4.73. The van der Waals surface area contributed by atoms with Gasteiger partial charge in [-0.2, -0.15) is 0 Å². The maximum atomic E-state index is 12.8. The molecule has 0 spiro atoms. The Hall–Kier alpha value is -3.08. The highest BCUT2D eigenvalue weighted by Crippen LogP contribution is 2.32. The Morgan fingerprint density at radius 3 is 2.33 bits per heavy atom. The number of nitrogens with one attached hydrogen (secondary N) is 3. The van der Waals surface area contributed by atoms with E-state index >= 15 is 0 Å². The van der Waals surface area contributed by atoms with Gasteiger partial charge in [0.15, 0.2) is 0 Å². The molecule has 4 rings (SSSR count). The highest BCUT2D eigenvalue weighted by atomic mass is 35.5. The van der Waals surface area contributed by atoms with Crippen molar-refractivity contribution in [1.29, 1.82) is 0 Å². The molecule has 5 heteroatoms. The molecule has 0 saturated carbocycles. The predicted octanol–water partition coefficient (Wildman–Crippen LogP) is 5.05. The van der Waals surface area contributed by atoms with Crippen LogP contribution in [-0.2, 0) is 6.42 Å². The number of amides is 1. The van der Waals surface area contributed by atoms with Gasteiger partial charge in [-0.1, -0.05) is 78.3 Å². The summed E-state index contributed by atoms with van der Waals surface area (Å²) in [7, 11) is 0. The van der Waals surface area contributed by atoms with Crippen LogP contribution in [-0.4, -0.2) is 30.5 Å². The first-order chi connectivity index (χ1) is 14.7. The first-order valence-electron chi connectivity index (χ1n) is 10.1. The number of carbonyl (C=O) groups is 1. The first kappa shape index (κ1) is 20.2. The summed E-state index contributed by atoms with van der Waals surface area (Å²) in [5, 5.41) is 8.84. The van der Waals surface area contributed by atoms with Crippen molar-refractivity contribution in [3.8, 4) is 11.3 Å². The van der Waals surface area contributed by atoms with E-state index in [1.165, 1.54) is 5.56 Å². The van der Waals surface area contributed by atoms with Gasteiger partial charge in [0, 0.05) is 28.9 Å². The van der Waals surface area contributed by atoms with Crippen LogP contribution in [0.3, 0.4) is 0 Å². The fourth-order valence-electron chi connectivity index (χ4n) is 3.57. The summed E-state index contributed by atoms with van der Waals surface area (Å²) in [6.45, 7) is 2.15. The van der Waals surface area contributed by atoms with E-state index in [0.717, 1.165) is 35.0 Å². The molecular formula is C25H24ClN3O. The molecule has 0 aliphatic carbocycles. The van der Waals surface area contributed by atoms with Crippen LogP contribution < -0.4 is 10.6 Å². The number of halogens is 1. The second-order valence-electron chi connectivity index (χ2n) is 7.17.